The number of carbonyl (C=O) groups is 4. The smallest absolute Gasteiger partial charge is 0.417 e. The second-order valence-electron chi connectivity index (χ2n) is 6.15. The van der Waals surface area contributed by atoms with E-state index in [2.05, 4.69) is 25.9 Å². The monoisotopic (exact) mass is 317 g/mol. The summed E-state index contributed by atoms with van der Waals surface area (Å²) in [7, 11) is 7.33. The number of quaternary nitrogens is 1. The van der Waals surface area contributed by atoms with E-state index in [9.17, 15) is 19.2 Å². The number of likely N-dealkylation sites (tertiary alicyclic amines) is 1. The zero-order chi connectivity index (χ0) is 17.5. The summed E-state index contributed by atoms with van der Waals surface area (Å²) in [5, 5.41) is 7.71. The van der Waals surface area contributed by atoms with Crippen molar-refractivity contribution in [3.8, 4) is 0 Å². The van der Waals surface area contributed by atoms with E-state index in [1.807, 2.05) is 6.92 Å². The topological polar surface area (TPSA) is 101 Å². The summed E-state index contributed by atoms with van der Waals surface area (Å²) in [5.74, 6) is -2.92. The van der Waals surface area contributed by atoms with Crippen LogP contribution >= 0.6 is 0 Å². The Hall–Kier alpha value is -1.96. The van der Waals surface area contributed by atoms with Gasteiger partial charge in [-0.1, -0.05) is 6.92 Å². The van der Waals surface area contributed by atoms with Crippen LogP contribution in [0.1, 0.15) is 19.8 Å². The zero-order valence-electron chi connectivity index (χ0n) is 13.8. The number of esters is 1. The van der Waals surface area contributed by atoms with E-state index >= 15 is 0 Å². The van der Waals surface area contributed by atoms with Crippen LogP contribution in [-0.2, 0) is 23.9 Å². The van der Waals surface area contributed by atoms with Crippen LogP contribution in [0.2, 0.25) is 0 Å². The van der Waals surface area contributed by atoms with Gasteiger partial charge < -0.3 is 14.3 Å². The Morgan fingerprint density at radius 3 is 2.14 bits per heavy atom. The molecule has 8 heteroatoms. The summed E-state index contributed by atoms with van der Waals surface area (Å²) in [6, 6.07) is 0. The van der Waals surface area contributed by atoms with Crippen LogP contribution in [0.25, 0.3) is 0 Å². The minimum atomic E-state index is -1.57. The Morgan fingerprint density at radius 1 is 1.32 bits per heavy atom. The maximum Gasteiger partial charge on any atom is 0.417 e. The fourth-order valence-corrected chi connectivity index (χ4v) is 1.87. The quantitative estimate of drug-likeness (QED) is 0.331. The van der Waals surface area contributed by atoms with Crippen molar-refractivity contribution in [2.45, 2.75) is 19.8 Å². The molecular formula is C14H25N2O6+. The number of rotatable bonds is 4. The molecule has 1 unspecified atom stereocenters. The summed E-state index contributed by atoms with van der Waals surface area (Å²) in [6.07, 6.45) is 1.27. The third kappa shape index (κ3) is 7.16. The molecule has 1 saturated heterocycles. The summed E-state index contributed by atoms with van der Waals surface area (Å²) in [6.45, 7) is 3.38. The average molecular weight is 317 g/mol. The van der Waals surface area contributed by atoms with Crippen molar-refractivity contribution in [3.05, 3.63) is 0 Å². The number of carbonyl (C=O) groups excluding carboxylic acids is 3. The summed E-state index contributed by atoms with van der Waals surface area (Å²) < 4.78 is 4.64. The van der Waals surface area contributed by atoms with E-state index in [1.165, 1.54) is 4.90 Å². The molecule has 0 aromatic rings. The molecule has 0 saturated carbocycles. The average Bonchev–Trinajstić information content (AvgIpc) is 2.63. The molecule has 1 aliphatic rings. The van der Waals surface area contributed by atoms with Gasteiger partial charge in [0, 0.05) is 25.3 Å². The van der Waals surface area contributed by atoms with Crippen LogP contribution in [0.4, 0.5) is 0 Å². The van der Waals surface area contributed by atoms with Gasteiger partial charge in [-0.25, -0.2) is 9.59 Å². The van der Waals surface area contributed by atoms with Crippen molar-refractivity contribution in [1.29, 1.82) is 0 Å². The number of hydrogen-bond donors (Lipinski definition) is 1. The standard InChI is InChI=1S/C11H21N2O2.C3H4O4/c1-9-8-10(14)12(11(9)15)6-5-7-13(2,3)4;1-7-3(6)2(4)5/h9H,5-8H2,1-4H3;1H3,(H,4,5)/q+1;. The van der Waals surface area contributed by atoms with E-state index in [0.717, 1.165) is 24.6 Å². The lowest BCUT2D eigenvalue weighted by Crippen LogP contribution is -2.38. The number of methoxy groups -OCH3 is 1. The Balaban J connectivity index is 0.000000534. The van der Waals surface area contributed by atoms with Crippen molar-refractivity contribution in [2.75, 3.05) is 41.3 Å². The minimum absolute atomic E-state index is 0.00130. The van der Waals surface area contributed by atoms with E-state index < -0.39 is 11.9 Å². The molecule has 1 atom stereocenters. The fraction of sp³-hybridized carbons (Fsp3) is 0.714. The number of imide groups is 1. The van der Waals surface area contributed by atoms with Crippen LogP contribution in [0.5, 0.6) is 0 Å². The first-order valence-electron chi connectivity index (χ1n) is 6.95. The van der Waals surface area contributed by atoms with Gasteiger partial charge in [-0.2, -0.15) is 0 Å². The maximum absolute atomic E-state index is 11.6. The first-order chi connectivity index (χ1) is 9.99. The maximum atomic E-state index is 11.6. The van der Waals surface area contributed by atoms with Gasteiger partial charge in [0.15, 0.2) is 0 Å². The molecule has 1 N–H and O–H groups in total. The number of aliphatic carboxylic acids is 1. The van der Waals surface area contributed by atoms with Crippen molar-refractivity contribution >= 4 is 23.8 Å². The van der Waals surface area contributed by atoms with Gasteiger partial charge in [-0.3, -0.25) is 14.5 Å². The normalized spacial score (nSPS) is 17.9. The van der Waals surface area contributed by atoms with Crippen molar-refractivity contribution < 1.29 is 33.5 Å². The Bertz CT molecular complexity index is 441. The largest absolute Gasteiger partial charge is 0.473 e. The first-order valence-corrected chi connectivity index (χ1v) is 6.95. The summed E-state index contributed by atoms with van der Waals surface area (Å²) in [4.78, 5) is 43.6. The van der Waals surface area contributed by atoms with E-state index in [4.69, 9.17) is 5.11 Å². The van der Waals surface area contributed by atoms with Crippen LogP contribution < -0.4 is 0 Å². The lowest BCUT2D eigenvalue weighted by molar-refractivity contribution is -0.870. The van der Waals surface area contributed by atoms with Gasteiger partial charge in [-0.15, -0.1) is 0 Å². The van der Waals surface area contributed by atoms with Gasteiger partial charge in [0.1, 0.15) is 0 Å². The molecule has 1 fully saturated rings. The highest BCUT2D eigenvalue weighted by Gasteiger charge is 2.35. The molecule has 0 bridgehead atoms. The number of amides is 2. The molecule has 0 spiro atoms. The molecule has 1 heterocycles. The Labute approximate surface area is 130 Å². The predicted octanol–water partition coefficient (Wildman–Crippen LogP) is -0.278. The van der Waals surface area contributed by atoms with Gasteiger partial charge in [0.25, 0.3) is 0 Å². The van der Waals surface area contributed by atoms with Crippen LogP contribution in [0.15, 0.2) is 0 Å². The molecule has 0 radical (unpaired) electrons. The highest BCUT2D eigenvalue weighted by Crippen LogP contribution is 2.18. The second-order valence-corrected chi connectivity index (χ2v) is 6.15. The van der Waals surface area contributed by atoms with Gasteiger partial charge in [0.2, 0.25) is 11.8 Å². The molecule has 0 aromatic heterocycles. The predicted molar refractivity (Wildman–Crippen MR) is 77.7 cm³/mol. The molecule has 126 valence electrons. The van der Waals surface area contributed by atoms with Gasteiger partial charge in [-0.05, 0) is 0 Å². The third-order valence-corrected chi connectivity index (χ3v) is 3.04. The van der Waals surface area contributed by atoms with Crippen LogP contribution in [0.3, 0.4) is 0 Å². The minimum Gasteiger partial charge on any atom is -0.473 e. The molecular weight excluding hydrogens is 292 g/mol. The molecule has 8 nitrogen and oxygen atoms in total. The number of ether oxygens (including phenoxy) is 1. The van der Waals surface area contributed by atoms with E-state index in [1.54, 1.807) is 0 Å². The molecule has 0 aromatic carbocycles. The third-order valence-electron chi connectivity index (χ3n) is 3.04. The number of carboxylic acid groups (broad SMARTS) is 1. The van der Waals surface area contributed by atoms with E-state index in [-0.39, 0.29) is 17.7 Å². The summed E-state index contributed by atoms with van der Waals surface area (Å²) in [5.41, 5.74) is 0. The van der Waals surface area contributed by atoms with Crippen LogP contribution in [-0.4, -0.2) is 79.6 Å². The molecule has 1 rings (SSSR count). The highest BCUT2D eigenvalue weighted by atomic mass is 16.5. The molecule has 2 amide bonds. The molecule has 1 aliphatic heterocycles. The van der Waals surface area contributed by atoms with E-state index in [0.29, 0.717) is 13.0 Å². The highest BCUT2D eigenvalue weighted by molar-refractivity contribution is 6.28. The van der Waals surface area contributed by atoms with Gasteiger partial charge in [0.05, 0.1) is 34.8 Å². The SMILES string of the molecule is CC1CC(=O)N(CCC[N+](C)(C)C)C1=O.COC(=O)C(=O)O. The Kier molecular flexibility index (Phi) is 7.72. The van der Waals surface area contributed by atoms with Crippen molar-refractivity contribution in [2.24, 2.45) is 5.92 Å². The van der Waals surface area contributed by atoms with Crippen molar-refractivity contribution in [3.63, 3.8) is 0 Å². The van der Waals surface area contributed by atoms with Crippen molar-refractivity contribution in [1.82, 2.24) is 4.90 Å². The molecule has 0 aliphatic carbocycles. The lowest BCUT2D eigenvalue weighted by atomic mass is 10.1. The Morgan fingerprint density at radius 2 is 1.86 bits per heavy atom. The lowest BCUT2D eigenvalue weighted by Gasteiger charge is -2.24. The second kappa shape index (κ2) is 8.47. The van der Waals surface area contributed by atoms with Gasteiger partial charge >= 0.3 is 11.9 Å². The number of hydrogen-bond acceptors (Lipinski definition) is 5. The van der Waals surface area contributed by atoms with Crippen LogP contribution in [0, 0.1) is 5.92 Å². The zero-order valence-corrected chi connectivity index (χ0v) is 13.8. The molecule has 22 heavy (non-hydrogen) atoms. The first kappa shape index (κ1) is 20.0. The number of nitrogens with zero attached hydrogens (tertiary/aromatic N) is 2. The number of carboxylic acids is 1. The summed E-state index contributed by atoms with van der Waals surface area (Å²) >= 11 is 0. The fourth-order valence-electron chi connectivity index (χ4n) is 1.87.